The molecular weight excluding hydrogens is 398 g/mol. The molecule has 0 atom stereocenters. The molecule has 2 aromatic rings. The number of hydrogen-bond acceptors (Lipinski definition) is 7. The van der Waals surface area contributed by atoms with Gasteiger partial charge in [0.15, 0.2) is 5.17 Å². The lowest BCUT2D eigenvalue weighted by atomic mass is 9.97. The summed E-state index contributed by atoms with van der Waals surface area (Å²) in [5, 5.41) is 2.57. The first-order valence-corrected chi connectivity index (χ1v) is 11.2. The van der Waals surface area contributed by atoms with E-state index in [0.717, 1.165) is 38.5 Å². The molecule has 5 nitrogen and oxygen atoms in total. The van der Waals surface area contributed by atoms with Gasteiger partial charge in [-0.3, -0.25) is 4.99 Å². The lowest BCUT2D eigenvalue weighted by molar-refractivity contribution is 0.391. The predicted octanol–water partition coefficient (Wildman–Crippen LogP) is 4.00. The van der Waals surface area contributed by atoms with Crippen LogP contribution in [0.3, 0.4) is 0 Å². The van der Waals surface area contributed by atoms with Crippen molar-refractivity contribution < 1.29 is 0 Å². The van der Waals surface area contributed by atoms with Crippen LogP contribution in [0.25, 0.3) is 10.2 Å². The van der Waals surface area contributed by atoms with Gasteiger partial charge in [-0.25, -0.2) is 9.97 Å². The third-order valence-corrected chi connectivity index (χ3v) is 8.00. The van der Waals surface area contributed by atoms with Crippen LogP contribution in [0.4, 0.5) is 5.82 Å². The van der Waals surface area contributed by atoms with Crippen LogP contribution in [-0.4, -0.2) is 57.5 Å². The van der Waals surface area contributed by atoms with Gasteiger partial charge in [-0.1, -0.05) is 11.8 Å². The Labute approximate surface area is 175 Å². The first-order chi connectivity index (χ1) is 12.6. The van der Waals surface area contributed by atoms with Gasteiger partial charge in [-0.05, 0) is 45.1 Å². The van der Waals surface area contributed by atoms with Gasteiger partial charge >= 0.3 is 0 Å². The molecule has 0 aromatic carbocycles. The predicted molar refractivity (Wildman–Crippen MR) is 119 cm³/mol. The normalized spacial score (nSPS) is 21.8. The zero-order valence-electron chi connectivity index (χ0n) is 15.9. The molecule has 1 saturated heterocycles. The molecule has 0 radical (unpaired) electrons. The number of thiophene rings is 1. The van der Waals surface area contributed by atoms with Gasteiger partial charge in [-0.2, -0.15) is 0 Å². The third kappa shape index (κ3) is 3.54. The molecule has 0 unspecified atom stereocenters. The van der Waals surface area contributed by atoms with Crippen LogP contribution in [0.5, 0.6) is 0 Å². The van der Waals surface area contributed by atoms with E-state index in [2.05, 4.69) is 28.6 Å². The molecule has 0 bridgehead atoms. The molecule has 2 aliphatic heterocycles. The average molecular weight is 424 g/mol. The van der Waals surface area contributed by atoms with Crippen molar-refractivity contribution in [2.24, 2.45) is 4.99 Å². The van der Waals surface area contributed by atoms with Crippen molar-refractivity contribution in [3.63, 3.8) is 0 Å². The molecular formula is C19H26ClN5S2. The van der Waals surface area contributed by atoms with Crippen LogP contribution in [0, 0.1) is 0 Å². The Morgan fingerprint density at radius 2 is 1.74 bits per heavy atom. The first kappa shape index (κ1) is 19.3. The smallest absolute Gasteiger partial charge is 0.159 e. The van der Waals surface area contributed by atoms with Crippen LogP contribution in [0.2, 0.25) is 0 Å². The van der Waals surface area contributed by atoms with E-state index in [1.54, 1.807) is 11.2 Å². The Hall–Kier alpha value is -1.05. The van der Waals surface area contributed by atoms with Crippen molar-refractivity contribution in [1.82, 2.24) is 14.9 Å². The maximum absolute atomic E-state index is 4.77. The van der Waals surface area contributed by atoms with Crippen molar-refractivity contribution in [3.8, 4) is 0 Å². The maximum atomic E-state index is 4.77. The number of aromatic nitrogens is 2. The van der Waals surface area contributed by atoms with Gasteiger partial charge in [0.25, 0.3) is 0 Å². The van der Waals surface area contributed by atoms with E-state index >= 15 is 0 Å². The molecule has 4 heterocycles. The summed E-state index contributed by atoms with van der Waals surface area (Å²) in [4.78, 5) is 21.7. The molecule has 2 aromatic heterocycles. The van der Waals surface area contributed by atoms with Gasteiger partial charge in [0.1, 0.15) is 17.0 Å². The second-order valence-electron chi connectivity index (χ2n) is 8.02. The molecule has 1 aliphatic carbocycles. The average Bonchev–Trinajstić information content (AvgIpc) is 3.21. The fourth-order valence-electron chi connectivity index (χ4n) is 4.16. The van der Waals surface area contributed by atoms with Crippen LogP contribution in [0.15, 0.2) is 11.3 Å². The number of nitrogens with zero attached hydrogens (tertiary/aromatic N) is 5. The first-order valence-electron chi connectivity index (χ1n) is 9.59. The summed E-state index contributed by atoms with van der Waals surface area (Å²) in [5.74, 6) is 1.16. The fraction of sp³-hybridized carbons (Fsp3) is 0.632. The highest BCUT2D eigenvalue weighted by molar-refractivity contribution is 8.15. The Bertz CT molecular complexity index is 870. The quantitative estimate of drug-likeness (QED) is 0.693. The molecule has 0 saturated carbocycles. The molecule has 0 amide bonds. The van der Waals surface area contributed by atoms with E-state index in [1.165, 1.54) is 46.6 Å². The minimum atomic E-state index is 0. The van der Waals surface area contributed by atoms with Crippen molar-refractivity contribution in [1.29, 1.82) is 0 Å². The van der Waals surface area contributed by atoms with Crippen LogP contribution < -0.4 is 4.90 Å². The second kappa shape index (κ2) is 7.41. The van der Waals surface area contributed by atoms with E-state index in [0.29, 0.717) is 0 Å². The molecule has 1 fully saturated rings. The monoisotopic (exact) mass is 423 g/mol. The Balaban J connectivity index is 0.00000180. The van der Waals surface area contributed by atoms with Gasteiger partial charge in [-0.15, -0.1) is 23.7 Å². The zero-order valence-corrected chi connectivity index (χ0v) is 18.4. The maximum Gasteiger partial charge on any atom is 0.159 e. The van der Waals surface area contributed by atoms with Crippen LogP contribution in [-0.2, 0) is 12.8 Å². The highest BCUT2D eigenvalue weighted by Crippen LogP contribution is 2.40. The van der Waals surface area contributed by atoms with Crippen molar-refractivity contribution in [2.45, 2.75) is 44.3 Å². The van der Waals surface area contributed by atoms with Crippen LogP contribution in [0.1, 0.15) is 37.1 Å². The van der Waals surface area contributed by atoms with Crippen molar-refractivity contribution in [2.75, 3.05) is 37.6 Å². The molecule has 146 valence electrons. The number of rotatable bonds is 1. The Morgan fingerprint density at radius 1 is 1.00 bits per heavy atom. The minimum Gasteiger partial charge on any atom is -0.352 e. The lowest BCUT2D eigenvalue weighted by Gasteiger charge is -2.37. The molecule has 0 N–H and O–H groups in total. The number of hydrogen-bond donors (Lipinski definition) is 0. The standard InChI is InChI=1S/C19H25N5S2.ClH/c1-19(2)11-20-18(26-19)24-9-7-23(8-10-24)16-15-13-5-3-4-6-14(13)25-17(15)22-12-21-16;/h12H,3-11H2,1-2H3;1H. The summed E-state index contributed by atoms with van der Waals surface area (Å²) in [6.45, 7) is 9.57. The number of halogens is 1. The summed E-state index contributed by atoms with van der Waals surface area (Å²) in [6.07, 6.45) is 6.78. The summed E-state index contributed by atoms with van der Waals surface area (Å²) in [5.41, 5.74) is 1.53. The van der Waals surface area contributed by atoms with E-state index in [9.17, 15) is 0 Å². The topological polar surface area (TPSA) is 44.6 Å². The number of fused-ring (bicyclic) bond motifs is 3. The molecule has 5 rings (SSSR count). The molecule has 0 spiro atoms. The van der Waals surface area contributed by atoms with Gasteiger partial charge < -0.3 is 9.80 Å². The van der Waals surface area contributed by atoms with Gasteiger partial charge in [0, 0.05) is 35.8 Å². The summed E-state index contributed by atoms with van der Waals surface area (Å²) in [7, 11) is 0. The van der Waals surface area contributed by atoms with Crippen molar-refractivity contribution >= 4 is 56.7 Å². The van der Waals surface area contributed by atoms with E-state index < -0.39 is 0 Å². The van der Waals surface area contributed by atoms with Gasteiger partial charge in [0.2, 0.25) is 0 Å². The van der Waals surface area contributed by atoms with E-state index in [4.69, 9.17) is 9.98 Å². The zero-order chi connectivity index (χ0) is 17.7. The van der Waals surface area contributed by atoms with E-state index in [1.807, 2.05) is 23.1 Å². The van der Waals surface area contributed by atoms with Crippen molar-refractivity contribution in [3.05, 3.63) is 16.8 Å². The number of piperazine rings is 1. The number of aryl methyl sites for hydroxylation is 2. The number of amidine groups is 1. The largest absolute Gasteiger partial charge is 0.352 e. The Morgan fingerprint density at radius 3 is 2.48 bits per heavy atom. The molecule has 8 heteroatoms. The highest BCUT2D eigenvalue weighted by atomic mass is 35.5. The second-order valence-corrected chi connectivity index (χ2v) is 10.8. The third-order valence-electron chi connectivity index (χ3n) is 5.54. The SMILES string of the molecule is CC1(C)CN=C(N2CCN(c3ncnc4sc5c(c34)CCCC5)CC2)S1.Cl. The highest BCUT2D eigenvalue weighted by Gasteiger charge is 2.32. The molecule has 3 aliphatic rings. The summed E-state index contributed by atoms with van der Waals surface area (Å²) in [6, 6.07) is 0. The van der Waals surface area contributed by atoms with Gasteiger partial charge in [0.05, 0.1) is 11.9 Å². The number of anilines is 1. The number of thioether (sulfide) groups is 1. The number of aliphatic imine (C=N–C) groups is 1. The molecule has 27 heavy (non-hydrogen) atoms. The van der Waals surface area contributed by atoms with E-state index in [-0.39, 0.29) is 17.2 Å². The lowest BCUT2D eigenvalue weighted by Crippen LogP contribution is -2.48. The fourth-order valence-corrected chi connectivity index (χ4v) is 6.44. The summed E-state index contributed by atoms with van der Waals surface area (Å²) >= 11 is 3.82. The summed E-state index contributed by atoms with van der Waals surface area (Å²) < 4.78 is 0.251. The van der Waals surface area contributed by atoms with Crippen LogP contribution >= 0.6 is 35.5 Å². The Kier molecular flexibility index (Phi) is 5.29. The minimum absolute atomic E-state index is 0.